The quantitative estimate of drug-likeness (QED) is 0.832. The second-order valence-electron chi connectivity index (χ2n) is 4.87. The summed E-state index contributed by atoms with van der Waals surface area (Å²) in [5.41, 5.74) is 1.000. The summed E-state index contributed by atoms with van der Waals surface area (Å²) in [7, 11) is -1.76. The summed E-state index contributed by atoms with van der Waals surface area (Å²) in [6.07, 6.45) is 1.73. The van der Waals surface area contributed by atoms with Crippen LogP contribution < -0.4 is 5.32 Å². The van der Waals surface area contributed by atoms with Gasteiger partial charge in [-0.05, 0) is 26.5 Å². The van der Waals surface area contributed by atoms with Crippen LogP contribution in [0.4, 0.5) is 0 Å². The van der Waals surface area contributed by atoms with E-state index in [0.29, 0.717) is 18.0 Å². The number of hydrogen-bond acceptors (Lipinski definition) is 3. The van der Waals surface area contributed by atoms with Gasteiger partial charge in [-0.2, -0.15) is 0 Å². The van der Waals surface area contributed by atoms with Gasteiger partial charge in [0.25, 0.3) is 0 Å². The molecule has 0 aliphatic rings. The molecule has 0 atom stereocenters. The fourth-order valence-corrected chi connectivity index (χ4v) is 3.09. The Kier molecular flexibility index (Phi) is 5.58. The Labute approximate surface area is 116 Å². The monoisotopic (exact) mass is 287 g/mol. The fraction of sp³-hybridized carbons (Fsp3) is 0.692. The fourth-order valence-electron chi connectivity index (χ4n) is 1.86. The van der Waals surface area contributed by atoms with Crippen LogP contribution in [-0.2, 0) is 16.6 Å². The molecule has 0 aliphatic carbocycles. The average Bonchev–Trinajstić information content (AvgIpc) is 2.80. The number of rotatable bonds is 7. The molecule has 0 bridgehead atoms. The van der Waals surface area contributed by atoms with Crippen molar-refractivity contribution >= 4 is 10.0 Å². The minimum atomic E-state index is -3.36. The lowest BCUT2D eigenvalue weighted by Crippen LogP contribution is -2.26. The van der Waals surface area contributed by atoms with Crippen molar-refractivity contribution in [2.75, 3.05) is 20.1 Å². The summed E-state index contributed by atoms with van der Waals surface area (Å²) in [6.45, 7) is 9.98. The molecule has 0 unspecified atom stereocenters. The van der Waals surface area contributed by atoms with Gasteiger partial charge in [-0.3, -0.25) is 0 Å². The summed E-state index contributed by atoms with van der Waals surface area (Å²) >= 11 is 0. The molecule has 0 spiro atoms. The molecule has 0 saturated carbocycles. The minimum Gasteiger partial charge on any atom is -0.346 e. The van der Waals surface area contributed by atoms with Crippen molar-refractivity contribution in [1.82, 2.24) is 14.2 Å². The van der Waals surface area contributed by atoms with Gasteiger partial charge in [0, 0.05) is 38.1 Å². The van der Waals surface area contributed by atoms with Gasteiger partial charge in [0.2, 0.25) is 10.0 Å². The lowest BCUT2D eigenvalue weighted by atomic mass is 10.3. The lowest BCUT2D eigenvalue weighted by molar-refractivity contribution is 0.485. The Morgan fingerprint density at radius 1 is 1.37 bits per heavy atom. The Morgan fingerprint density at radius 3 is 2.47 bits per heavy atom. The van der Waals surface area contributed by atoms with Gasteiger partial charge in [0.1, 0.15) is 4.90 Å². The minimum absolute atomic E-state index is 0.240. The van der Waals surface area contributed by atoms with E-state index in [1.54, 1.807) is 19.3 Å². The summed E-state index contributed by atoms with van der Waals surface area (Å²) in [4.78, 5) is 0.374. The van der Waals surface area contributed by atoms with Crippen LogP contribution in [0.2, 0.25) is 0 Å². The van der Waals surface area contributed by atoms with E-state index in [0.717, 1.165) is 12.2 Å². The van der Waals surface area contributed by atoms with Gasteiger partial charge in [-0.15, -0.1) is 0 Å². The van der Waals surface area contributed by atoms with Crippen LogP contribution >= 0.6 is 0 Å². The van der Waals surface area contributed by atoms with Crippen LogP contribution in [0.3, 0.4) is 0 Å². The molecule has 1 aromatic rings. The molecule has 0 radical (unpaired) electrons. The Bertz CT molecular complexity index is 506. The molecule has 0 amide bonds. The molecule has 1 N–H and O–H groups in total. The number of sulfonamides is 1. The van der Waals surface area contributed by atoms with Crippen molar-refractivity contribution < 1.29 is 8.42 Å². The highest BCUT2D eigenvalue weighted by atomic mass is 32.2. The van der Waals surface area contributed by atoms with Crippen molar-refractivity contribution in [2.45, 2.75) is 45.2 Å². The van der Waals surface area contributed by atoms with Crippen LogP contribution in [0.1, 0.15) is 39.4 Å². The van der Waals surface area contributed by atoms with Crippen LogP contribution in [0.25, 0.3) is 0 Å². The molecule has 110 valence electrons. The van der Waals surface area contributed by atoms with E-state index in [-0.39, 0.29) is 6.04 Å². The second-order valence-corrected chi connectivity index (χ2v) is 6.91. The van der Waals surface area contributed by atoms with Crippen molar-refractivity contribution in [3.8, 4) is 0 Å². The van der Waals surface area contributed by atoms with E-state index in [4.69, 9.17) is 0 Å². The molecule has 1 heterocycles. The summed E-state index contributed by atoms with van der Waals surface area (Å²) in [5.74, 6) is 0. The molecule has 1 aromatic heterocycles. The van der Waals surface area contributed by atoms with Gasteiger partial charge in [-0.25, -0.2) is 12.7 Å². The van der Waals surface area contributed by atoms with E-state index < -0.39 is 10.0 Å². The van der Waals surface area contributed by atoms with Crippen molar-refractivity contribution in [2.24, 2.45) is 0 Å². The molecule has 1 rings (SSSR count). The Morgan fingerprint density at radius 2 is 2.00 bits per heavy atom. The van der Waals surface area contributed by atoms with Gasteiger partial charge < -0.3 is 9.88 Å². The Hall–Kier alpha value is -0.850. The summed E-state index contributed by atoms with van der Waals surface area (Å²) < 4.78 is 28.0. The Balaban J connectivity index is 3.17. The van der Waals surface area contributed by atoms with E-state index in [9.17, 15) is 8.42 Å². The molecule has 6 heteroatoms. The zero-order valence-corrected chi connectivity index (χ0v) is 13.3. The molecule has 0 fully saturated rings. The molecular formula is C13H25N3O2S. The smallest absolute Gasteiger partial charge is 0.244 e. The number of hydrogen-bond donors (Lipinski definition) is 1. The summed E-state index contributed by atoms with van der Waals surface area (Å²) in [5, 5.41) is 3.24. The molecule has 0 saturated heterocycles. The second kappa shape index (κ2) is 6.54. The molecule has 0 aromatic carbocycles. The third kappa shape index (κ3) is 3.58. The van der Waals surface area contributed by atoms with Crippen LogP contribution in [0.5, 0.6) is 0 Å². The SMILES string of the molecule is CCNCc1cc(S(=O)(=O)N(C)CC)cn1C(C)C. The number of nitrogens with one attached hydrogen (secondary N) is 1. The zero-order chi connectivity index (χ0) is 14.6. The highest BCUT2D eigenvalue weighted by Crippen LogP contribution is 2.21. The molecule has 19 heavy (non-hydrogen) atoms. The van der Waals surface area contributed by atoms with Gasteiger partial charge >= 0.3 is 0 Å². The van der Waals surface area contributed by atoms with E-state index >= 15 is 0 Å². The first-order chi connectivity index (χ1) is 8.84. The van der Waals surface area contributed by atoms with Crippen molar-refractivity contribution in [3.05, 3.63) is 18.0 Å². The maximum Gasteiger partial charge on any atom is 0.244 e. The first-order valence-corrected chi connectivity index (χ1v) is 8.16. The normalized spacial score (nSPS) is 12.6. The predicted molar refractivity (Wildman–Crippen MR) is 77.7 cm³/mol. The van der Waals surface area contributed by atoms with Gasteiger partial charge in [0.05, 0.1) is 0 Å². The maximum atomic E-state index is 12.3. The first kappa shape index (κ1) is 16.2. The molecular weight excluding hydrogens is 262 g/mol. The highest BCUT2D eigenvalue weighted by Gasteiger charge is 2.22. The number of nitrogens with zero attached hydrogens (tertiary/aromatic N) is 2. The predicted octanol–water partition coefficient (Wildman–Crippen LogP) is 1.82. The van der Waals surface area contributed by atoms with Crippen LogP contribution in [0.15, 0.2) is 17.2 Å². The maximum absolute atomic E-state index is 12.3. The first-order valence-electron chi connectivity index (χ1n) is 6.72. The highest BCUT2D eigenvalue weighted by molar-refractivity contribution is 7.89. The third-order valence-corrected chi connectivity index (χ3v) is 5.07. The van der Waals surface area contributed by atoms with E-state index in [1.165, 1.54) is 4.31 Å². The largest absolute Gasteiger partial charge is 0.346 e. The van der Waals surface area contributed by atoms with Crippen LogP contribution in [-0.4, -0.2) is 37.4 Å². The average molecular weight is 287 g/mol. The standard InChI is InChI=1S/C13H25N3O2S/c1-6-14-9-12-8-13(10-16(12)11(3)4)19(17,18)15(5)7-2/h8,10-11,14H,6-7,9H2,1-5H3. The van der Waals surface area contributed by atoms with E-state index in [1.807, 2.05) is 18.4 Å². The number of aromatic nitrogens is 1. The van der Waals surface area contributed by atoms with Crippen LogP contribution in [0, 0.1) is 0 Å². The summed E-state index contributed by atoms with van der Waals surface area (Å²) in [6, 6.07) is 2.01. The molecule has 0 aliphatic heterocycles. The third-order valence-electron chi connectivity index (χ3n) is 3.17. The van der Waals surface area contributed by atoms with E-state index in [2.05, 4.69) is 19.2 Å². The van der Waals surface area contributed by atoms with Crippen molar-refractivity contribution in [3.63, 3.8) is 0 Å². The van der Waals surface area contributed by atoms with Gasteiger partial charge in [0.15, 0.2) is 0 Å². The zero-order valence-electron chi connectivity index (χ0n) is 12.5. The lowest BCUT2D eigenvalue weighted by Gasteiger charge is -2.13. The molecule has 5 nitrogen and oxygen atoms in total. The topological polar surface area (TPSA) is 54.3 Å². The van der Waals surface area contributed by atoms with Crippen molar-refractivity contribution in [1.29, 1.82) is 0 Å². The van der Waals surface area contributed by atoms with Gasteiger partial charge in [-0.1, -0.05) is 13.8 Å².